The highest BCUT2D eigenvalue weighted by molar-refractivity contribution is 7.47. The van der Waals surface area contributed by atoms with E-state index >= 15 is 0 Å². The molecule has 0 fully saturated rings. The van der Waals surface area contributed by atoms with E-state index in [1.807, 2.05) is 0 Å². The van der Waals surface area contributed by atoms with E-state index in [1.165, 1.54) is 24.1 Å². The number of hydrogen-bond donors (Lipinski definition) is 1. The summed E-state index contributed by atoms with van der Waals surface area (Å²) in [4.78, 5) is 8.24. The zero-order valence-electron chi connectivity index (χ0n) is 10.7. The fourth-order valence-electron chi connectivity index (χ4n) is 0.745. The van der Waals surface area contributed by atoms with Crippen LogP contribution in [-0.4, -0.2) is 50.3 Å². The molecule has 0 spiro atoms. The van der Waals surface area contributed by atoms with Crippen LogP contribution in [0, 0.1) is 0 Å². The minimum atomic E-state index is -3.65. The van der Waals surface area contributed by atoms with Gasteiger partial charge in [-0.1, -0.05) is 0 Å². The fraction of sp³-hybridized carbons (Fsp3) is 1.00. The van der Waals surface area contributed by atoms with Gasteiger partial charge in [-0.25, -0.2) is 4.57 Å². The molecule has 0 saturated carbocycles. The molecule has 1 N–H and O–H groups in total. The van der Waals surface area contributed by atoms with E-state index in [0.29, 0.717) is 0 Å². The SMILES string of the molecule is CC[N+](C)(CC)CC.COP(=O)(O)OC. The van der Waals surface area contributed by atoms with Crippen molar-refractivity contribution in [3.8, 4) is 0 Å². The van der Waals surface area contributed by atoms with Gasteiger partial charge in [-0.2, -0.15) is 0 Å². The molecule has 0 atom stereocenters. The van der Waals surface area contributed by atoms with Crippen LogP contribution < -0.4 is 0 Å². The summed E-state index contributed by atoms with van der Waals surface area (Å²) >= 11 is 0. The molecule has 0 aliphatic heterocycles. The van der Waals surface area contributed by atoms with E-state index in [-0.39, 0.29) is 0 Å². The van der Waals surface area contributed by atoms with Gasteiger partial charge in [0.25, 0.3) is 0 Å². The topological polar surface area (TPSA) is 55.8 Å². The van der Waals surface area contributed by atoms with Crippen LogP contribution in [-0.2, 0) is 13.6 Å². The highest BCUT2D eigenvalue weighted by atomic mass is 31.2. The first-order chi connectivity index (χ1) is 6.80. The number of quaternary nitrogens is 1. The van der Waals surface area contributed by atoms with Crippen molar-refractivity contribution in [1.29, 1.82) is 0 Å². The molecule has 0 aromatic carbocycles. The maximum Gasteiger partial charge on any atom is 0.471 e. The highest BCUT2D eigenvalue weighted by Gasteiger charge is 2.13. The molecule has 0 rings (SSSR count). The molecule has 15 heavy (non-hydrogen) atoms. The van der Waals surface area contributed by atoms with Crippen molar-refractivity contribution in [2.45, 2.75) is 20.8 Å². The van der Waals surface area contributed by atoms with Gasteiger partial charge in [0.05, 0.1) is 26.7 Å². The Morgan fingerprint density at radius 3 is 1.33 bits per heavy atom. The van der Waals surface area contributed by atoms with Crippen molar-refractivity contribution in [1.82, 2.24) is 0 Å². The Hall–Kier alpha value is 0.0700. The lowest BCUT2D eigenvalue weighted by Crippen LogP contribution is -2.42. The van der Waals surface area contributed by atoms with Gasteiger partial charge in [0.15, 0.2) is 0 Å². The summed E-state index contributed by atoms with van der Waals surface area (Å²) in [5.41, 5.74) is 0. The number of phosphoric ester groups is 1. The van der Waals surface area contributed by atoms with Gasteiger partial charge in [-0.05, 0) is 20.8 Å². The maximum absolute atomic E-state index is 10.1. The Morgan fingerprint density at radius 2 is 1.33 bits per heavy atom. The number of rotatable bonds is 5. The van der Waals surface area contributed by atoms with Crippen LogP contribution in [0.4, 0.5) is 0 Å². The minimum absolute atomic E-state index is 1.10. The molecule has 0 bridgehead atoms. The third kappa shape index (κ3) is 9.03. The van der Waals surface area contributed by atoms with Crippen LogP contribution in [0.2, 0.25) is 0 Å². The number of phosphoric acid groups is 1. The van der Waals surface area contributed by atoms with Crippen molar-refractivity contribution in [2.24, 2.45) is 0 Å². The molecule has 0 aromatic rings. The number of nitrogens with zero attached hydrogens (tertiary/aromatic N) is 1. The van der Waals surface area contributed by atoms with E-state index in [1.54, 1.807) is 0 Å². The van der Waals surface area contributed by atoms with Gasteiger partial charge in [0, 0.05) is 14.2 Å². The van der Waals surface area contributed by atoms with Gasteiger partial charge in [0.2, 0.25) is 0 Å². The molecule has 0 saturated heterocycles. The van der Waals surface area contributed by atoms with Gasteiger partial charge in [-0.3, -0.25) is 9.05 Å². The molecule has 0 aliphatic rings. The monoisotopic (exact) mass is 242 g/mol. The Kier molecular flexibility index (Phi) is 9.60. The van der Waals surface area contributed by atoms with Crippen LogP contribution >= 0.6 is 7.82 Å². The Balaban J connectivity index is 0. The first-order valence-electron chi connectivity index (χ1n) is 5.08. The predicted molar refractivity (Wildman–Crippen MR) is 61.7 cm³/mol. The lowest BCUT2D eigenvalue weighted by atomic mass is 10.4. The normalized spacial score (nSPS) is 11.9. The molecule has 0 unspecified atom stereocenters. The van der Waals surface area contributed by atoms with Crippen molar-refractivity contribution in [2.75, 3.05) is 40.9 Å². The zero-order valence-corrected chi connectivity index (χ0v) is 11.6. The summed E-state index contributed by atoms with van der Waals surface area (Å²) in [5.74, 6) is 0. The van der Waals surface area contributed by atoms with Crippen LogP contribution in [0.3, 0.4) is 0 Å². The molecule has 0 heterocycles. The van der Waals surface area contributed by atoms with Crippen molar-refractivity contribution in [3.63, 3.8) is 0 Å². The minimum Gasteiger partial charge on any atom is -0.327 e. The summed E-state index contributed by atoms with van der Waals surface area (Å²) in [6.45, 7) is 10.5. The first kappa shape index (κ1) is 17.5. The average molecular weight is 242 g/mol. The third-order valence-corrected chi connectivity index (χ3v) is 3.67. The molecule has 0 aliphatic carbocycles. The highest BCUT2D eigenvalue weighted by Crippen LogP contribution is 2.40. The second-order valence-corrected chi connectivity index (χ2v) is 5.07. The van der Waals surface area contributed by atoms with E-state index in [0.717, 1.165) is 14.2 Å². The summed E-state index contributed by atoms with van der Waals surface area (Å²) in [6.07, 6.45) is 0. The molecular weight excluding hydrogens is 217 g/mol. The second kappa shape index (κ2) is 8.25. The van der Waals surface area contributed by atoms with E-state index in [2.05, 4.69) is 36.9 Å². The largest absolute Gasteiger partial charge is 0.471 e. The van der Waals surface area contributed by atoms with Crippen LogP contribution in [0.25, 0.3) is 0 Å². The maximum atomic E-state index is 10.1. The van der Waals surface area contributed by atoms with E-state index < -0.39 is 7.82 Å². The first-order valence-corrected chi connectivity index (χ1v) is 6.58. The lowest BCUT2D eigenvalue weighted by Gasteiger charge is -2.30. The van der Waals surface area contributed by atoms with Crippen LogP contribution in [0.5, 0.6) is 0 Å². The number of hydrogen-bond acceptors (Lipinski definition) is 3. The summed E-state index contributed by atoms with van der Waals surface area (Å²) in [5, 5.41) is 0. The molecule has 6 heteroatoms. The van der Waals surface area contributed by atoms with E-state index in [9.17, 15) is 4.57 Å². The lowest BCUT2D eigenvalue weighted by molar-refractivity contribution is -0.904. The fourth-order valence-corrected chi connectivity index (χ4v) is 0.894. The predicted octanol–water partition coefficient (Wildman–Crippen LogP) is 1.87. The summed E-state index contributed by atoms with van der Waals surface area (Å²) in [6, 6.07) is 0. The van der Waals surface area contributed by atoms with Crippen LogP contribution in [0.15, 0.2) is 0 Å². The molecule has 0 aromatic heterocycles. The molecule has 5 nitrogen and oxygen atoms in total. The Bertz CT molecular complexity index is 178. The average Bonchev–Trinajstić information content (AvgIpc) is 2.29. The molecule has 94 valence electrons. The molecule has 0 radical (unpaired) electrons. The quantitative estimate of drug-likeness (QED) is 0.590. The van der Waals surface area contributed by atoms with Crippen LogP contribution in [0.1, 0.15) is 20.8 Å². The van der Waals surface area contributed by atoms with E-state index in [4.69, 9.17) is 4.89 Å². The second-order valence-electron chi connectivity index (χ2n) is 3.40. The molecular formula is C9H25NO4P+. The zero-order chi connectivity index (χ0) is 12.5. The standard InChI is InChI=1S/C7H18N.C2H7O4P/c1-5-8(4,6-2)7-3;1-5-7(3,4)6-2/h5-7H2,1-4H3;1-2H3,(H,3,4)/q+1;. The van der Waals surface area contributed by atoms with Gasteiger partial charge >= 0.3 is 7.82 Å². The van der Waals surface area contributed by atoms with Crippen molar-refractivity contribution >= 4 is 7.82 Å². The smallest absolute Gasteiger partial charge is 0.327 e. The van der Waals surface area contributed by atoms with Gasteiger partial charge in [-0.15, -0.1) is 0 Å². The third-order valence-electron chi connectivity index (χ3n) is 2.75. The Morgan fingerprint density at radius 1 is 1.07 bits per heavy atom. The van der Waals surface area contributed by atoms with Gasteiger partial charge < -0.3 is 9.38 Å². The summed E-state index contributed by atoms with van der Waals surface area (Å²) in [7, 11) is 0.840. The van der Waals surface area contributed by atoms with Crippen molar-refractivity contribution in [3.05, 3.63) is 0 Å². The van der Waals surface area contributed by atoms with Gasteiger partial charge in [0.1, 0.15) is 0 Å². The van der Waals surface area contributed by atoms with Crippen molar-refractivity contribution < 1.29 is 23.0 Å². The molecule has 0 amide bonds. The summed E-state index contributed by atoms with van der Waals surface area (Å²) < 4.78 is 19.2. The Labute approximate surface area is 93.2 Å².